The van der Waals surface area contributed by atoms with Crippen molar-refractivity contribution in [3.8, 4) is 0 Å². The average molecular weight is 267 g/mol. The standard InChI is InChI=1S/C13H18FN3O2/c1-8(14)5-17-6-10(7-17)15-13(18)11-4-12(19-16-11)9-2-3-9/h4,8-10H,2-3,5-7H2,1H3,(H,15,18). The highest BCUT2D eigenvalue weighted by molar-refractivity contribution is 5.92. The molecule has 0 bridgehead atoms. The van der Waals surface area contributed by atoms with Crippen LogP contribution in [0.3, 0.4) is 0 Å². The van der Waals surface area contributed by atoms with Crippen LogP contribution in [0, 0.1) is 0 Å². The number of nitrogens with one attached hydrogen (secondary N) is 1. The van der Waals surface area contributed by atoms with Gasteiger partial charge in [-0.15, -0.1) is 0 Å². The predicted molar refractivity (Wildman–Crippen MR) is 66.7 cm³/mol. The Bertz CT molecular complexity index is 464. The Morgan fingerprint density at radius 2 is 2.37 bits per heavy atom. The van der Waals surface area contributed by atoms with Gasteiger partial charge in [0.1, 0.15) is 11.9 Å². The first-order valence-electron chi connectivity index (χ1n) is 6.75. The van der Waals surface area contributed by atoms with E-state index in [1.165, 1.54) is 0 Å². The molecular formula is C13H18FN3O2. The molecule has 1 saturated heterocycles. The lowest BCUT2D eigenvalue weighted by Gasteiger charge is -2.39. The SMILES string of the molecule is CC(F)CN1CC(NC(=O)c2cc(C3CC3)on2)C1. The Kier molecular flexibility index (Phi) is 3.26. The van der Waals surface area contributed by atoms with E-state index in [0.29, 0.717) is 31.2 Å². The van der Waals surface area contributed by atoms with Crippen LogP contribution in [0.2, 0.25) is 0 Å². The molecule has 1 unspecified atom stereocenters. The van der Waals surface area contributed by atoms with E-state index in [-0.39, 0.29) is 11.9 Å². The highest BCUT2D eigenvalue weighted by Gasteiger charge is 2.31. The van der Waals surface area contributed by atoms with Gasteiger partial charge in [0.05, 0.1) is 6.04 Å². The molecule has 1 aromatic heterocycles. The molecule has 0 radical (unpaired) electrons. The molecule has 1 aliphatic carbocycles. The second-order valence-electron chi connectivity index (χ2n) is 5.56. The Hall–Kier alpha value is -1.43. The van der Waals surface area contributed by atoms with E-state index in [4.69, 9.17) is 4.52 Å². The van der Waals surface area contributed by atoms with Gasteiger partial charge >= 0.3 is 0 Å². The summed E-state index contributed by atoms with van der Waals surface area (Å²) in [4.78, 5) is 13.9. The van der Waals surface area contributed by atoms with Gasteiger partial charge in [-0.3, -0.25) is 9.69 Å². The van der Waals surface area contributed by atoms with Crippen LogP contribution in [0.1, 0.15) is 41.9 Å². The maximum atomic E-state index is 12.8. The molecule has 19 heavy (non-hydrogen) atoms. The number of hydrogen-bond acceptors (Lipinski definition) is 4. The van der Waals surface area contributed by atoms with Gasteiger partial charge in [-0.05, 0) is 19.8 Å². The summed E-state index contributed by atoms with van der Waals surface area (Å²) >= 11 is 0. The van der Waals surface area contributed by atoms with Crippen LogP contribution < -0.4 is 5.32 Å². The first-order valence-corrected chi connectivity index (χ1v) is 6.75. The number of hydrogen-bond donors (Lipinski definition) is 1. The third kappa shape index (κ3) is 2.94. The summed E-state index contributed by atoms with van der Waals surface area (Å²) in [6.07, 6.45) is 1.41. The average Bonchev–Trinajstić information content (AvgIpc) is 3.03. The molecule has 3 rings (SSSR count). The van der Waals surface area contributed by atoms with Gasteiger partial charge < -0.3 is 9.84 Å². The summed E-state index contributed by atoms with van der Waals surface area (Å²) in [5, 5.41) is 6.68. The topological polar surface area (TPSA) is 58.4 Å². The van der Waals surface area contributed by atoms with Crippen molar-refractivity contribution in [3.05, 3.63) is 17.5 Å². The lowest BCUT2D eigenvalue weighted by Crippen LogP contribution is -2.60. The summed E-state index contributed by atoms with van der Waals surface area (Å²) in [5.41, 5.74) is 0.346. The van der Waals surface area contributed by atoms with Crippen LogP contribution >= 0.6 is 0 Å². The molecule has 1 amide bonds. The molecule has 1 saturated carbocycles. The molecule has 2 aliphatic rings. The molecule has 2 heterocycles. The Morgan fingerprint density at radius 1 is 1.63 bits per heavy atom. The fraction of sp³-hybridized carbons (Fsp3) is 0.692. The molecule has 5 nitrogen and oxygen atoms in total. The smallest absolute Gasteiger partial charge is 0.273 e. The minimum atomic E-state index is -0.826. The maximum Gasteiger partial charge on any atom is 0.273 e. The third-order valence-electron chi connectivity index (χ3n) is 3.54. The van der Waals surface area contributed by atoms with Crippen LogP contribution in [-0.4, -0.2) is 47.8 Å². The summed E-state index contributed by atoms with van der Waals surface area (Å²) in [5.74, 6) is 1.07. The van der Waals surface area contributed by atoms with Crippen molar-refractivity contribution >= 4 is 5.91 Å². The highest BCUT2D eigenvalue weighted by atomic mass is 19.1. The summed E-state index contributed by atoms with van der Waals surface area (Å²) in [6.45, 7) is 3.38. The molecule has 1 N–H and O–H groups in total. The third-order valence-corrected chi connectivity index (χ3v) is 3.54. The van der Waals surface area contributed by atoms with E-state index >= 15 is 0 Å². The monoisotopic (exact) mass is 267 g/mol. The predicted octanol–water partition coefficient (Wildman–Crippen LogP) is 1.32. The van der Waals surface area contributed by atoms with Crippen LogP contribution in [0.15, 0.2) is 10.6 Å². The van der Waals surface area contributed by atoms with Crippen LogP contribution in [0.4, 0.5) is 4.39 Å². The normalized spacial score (nSPS) is 22.0. The second-order valence-corrected chi connectivity index (χ2v) is 5.56. The van der Waals surface area contributed by atoms with Crippen molar-refractivity contribution in [2.75, 3.05) is 19.6 Å². The number of aromatic nitrogens is 1. The molecular weight excluding hydrogens is 249 g/mol. The quantitative estimate of drug-likeness (QED) is 0.874. The second kappa shape index (κ2) is 4.92. The van der Waals surface area contributed by atoms with Gasteiger partial charge in [-0.1, -0.05) is 5.16 Å². The first-order chi connectivity index (χ1) is 9.11. The van der Waals surface area contributed by atoms with Crippen molar-refractivity contribution in [3.63, 3.8) is 0 Å². The Balaban J connectivity index is 1.46. The van der Waals surface area contributed by atoms with Crippen molar-refractivity contribution in [2.45, 2.75) is 37.9 Å². The largest absolute Gasteiger partial charge is 0.360 e. The first kappa shape index (κ1) is 12.6. The Labute approximate surface area is 111 Å². The summed E-state index contributed by atoms with van der Waals surface area (Å²) in [6, 6.07) is 1.82. The number of nitrogens with zero attached hydrogens (tertiary/aromatic N) is 2. The molecule has 104 valence electrons. The van der Waals surface area contributed by atoms with Gasteiger partial charge in [-0.25, -0.2) is 4.39 Å². The van der Waals surface area contributed by atoms with Crippen molar-refractivity contribution in [2.24, 2.45) is 0 Å². The fourth-order valence-electron chi connectivity index (χ4n) is 2.38. The summed E-state index contributed by atoms with van der Waals surface area (Å²) < 4.78 is 17.9. The molecule has 1 aromatic rings. The van der Waals surface area contributed by atoms with E-state index in [0.717, 1.165) is 18.6 Å². The van der Waals surface area contributed by atoms with Crippen LogP contribution in [-0.2, 0) is 0 Å². The maximum absolute atomic E-state index is 12.8. The fourth-order valence-corrected chi connectivity index (χ4v) is 2.38. The number of carbonyl (C=O) groups is 1. The molecule has 1 aliphatic heterocycles. The Morgan fingerprint density at radius 3 is 3.00 bits per heavy atom. The lowest BCUT2D eigenvalue weighted by atomic mass is 10.1. The minimum absolute atomic E-state index is 0.0901. The van der Waals surface area contributed by atoms with Crippen molar-refractivity contribution in [1.29, 1.82) is 0 Å². The van der Waals surface area contributed by atoms with Gasteiger partial charge in [0.25, 0.3) is 5.91 Å². The van der Waals surface area contributed by atoms with E-state index in [9.17, 15) is 9.18 Å². The van der Waals surface area contributed by atoms with E-state index in [2.05, 4.69) is 10.5 Å². The van der Waals surface area contributed by atoms with Crippen LogP contribution in [0.5, 0.6) is 0 Å². The highest BCUT2D eigenvalue weighted by Crippen LogP contribution is 2.40. The minimum Gasteiger partial charge on any atom is -0.360 e. The van der Waals surface area contributed by atoms with Gasteiger partial charge in [0, 0.05) is 31.6 Å². The zero-order chi connectivity index (χ0) is 13.4. The van der Waals surface area contributed by atoms with E-state index < -0.39 is 6.17 Å². The lowest BCUT2D eigenvalue weighted by molar-refractivity contribution is 0.0738. The molecule has 1 atom stereocenters. The zero-order valence-electron chi connectivity index (χ0n) is 10.9. The van der Waals surface area contributed by atoms with E-state index in [1.54, 1.807) is 13.0 Å². The molecule has 0 spiro atoms. The van der Waals surface area contributed by atoms with Gasteiger partial charge in [-0.2, -0.15) is 0 Å². The van der Waals surface area contributed by atoms with Gasteiger partial charge in [0.2, 0.25) is 0 Å². The number of likely N-dealkylation sites (tertiary alicyclic amines) is 1. The van der Waals surface area contributed by atoms with Crippen LogP contribution in [0.25, 0.3) is 0 Å². The number of carbonyl (C=O) groups excluding carboxylic acids is 1. The number of halogens is 1. The van der Waals surface area contributed by atoms with Crippen molar-refractivity contribution < 1.29 is 13.7 Å². The van der Waals surface area contributed by atoms with E-state index in [1.807, 2.05) is 4.90 Å². The molecule has 2 fully saturated rings. The van der Waals surface area contributed by atoms with Crippen molar-refractivity contribution in [1.82, 2.24) is 15.4 Å². The number of alkyl halides is 1. The number of rotatable bonds is 5. The molecule has 0 aromatic carbocycles. The van der Waals surface area contributed by atoms with Gasteiger partial charge in [0.15, 0.2) is 5.69 Å². The number of amides is 1. The zero-order valence-corrected chi connectivity index (χ0v) is 10.9. The summed E-state index contributed by atoms with van der Waals surface area (Å²) in [7, 11) is 0. The molecule has 6 heteroatoms.